The molecule has 1 heterocycles. The summed E-state index contributed by atoms with van der Waals surface area (Å²) >= 11 is 0. The SMILES string of the molecule is CCn1c(=O)oc2cc(C(N)C3CCC3)ccc21. The molecule has 1 unspecified atom stereocenters. The Hall–Kier alpha value is -1.55. The second-order valence-electron chi connectivity index (χ2n) is 5.06. The molecule has 2 N–H and O–H groups in total. The Morgan fingerprint density at radius 3 is 2.89 bits per heavy atom. The number of nitrogens with two attached hydrogens (primary N) is 1. The fraction of sp³-hybridized carbons (Fsp3) is 0.500. The van der Waals surface area contributed by atoms with E-state index in [4.69, 9.17) is 10.2 Å². The molecule has 0 bridgehead atoms. The van der Waals surface area contributed by atoms with Crippen molar-refractivity contribution in [2.75, 3.05) is 0 Å². The van der Waals surface area contributed by atoms with Crippen LogP contribution in [0.4, 0.5) is 0 Å². The third-order valence-corrected chi connectivity index (χ3v) is 4.05. The molecule has 0 amide bonds. The van der Waals surface area contributed by atoms with Gasteiger partial charge in [-0.15, -0.1) is 0 Å². The second-order valence-corrected chi connectivity index (χ2v) is 5.06. The molecule has 1 aromatic heterocycles. The van der Waals surface area contributed by atoms with E-state index in [0.717, 1.165) is 11.1 Å². The van der Waals surface area contributed by atoms with Crippen LogP contribution in [0.2, 0.25) is 0 Å². The zero-order valence-electron chi connectivity index (χ0n) is 10.6. The minimum atomic E-state index is -0.290. The van der Waals surface area contributed by atoms with Gasteiger partial charge in [0.2, 0.25) is 0 Å². The van der Waals surface area contributed by atoms with Crippen molar-refractivity contribution in [2.24, 2.45) is 11.7 Å². The highest BCUT2D eigenvalue weighted by atomic mass is 16.4. The molecule has 1 aliphatic carbocycles. The average molecular weight is 246 g/mol. The standard InChI is InChI=1S/C14H18N2O2/c1-2-16-11-7-6-10(8-12(11)18-14(16)17)13(15)9-4-3-5-9/h6-9,13H,2-5,15H2,1H3. The summed E-state index contributed by atoms with van der Waals surface area (Å²) in [4.78, 5) is 11.6. The van der Waals surface area contributed by atoms with E-state index in [1.165, 1.54) is 19.3 Å². The van der Waals surface area contributed by atoms with Gasteiger partial charge in [0.05, 0.1) is 5.52 Å². The van der Waals surface area contributed by atoms with Crippen LogP contribution in [0.25, 0.3) is 11.1 Å². The molecule has 2 aromatic rings. The number of aromatic nitrogens is 1. The average Bonchev–Trinajstić information content (AvgIpc) is 2.60. The predicted octanol–water partition coefficient (Wildman–Crippen LogP) is 2.41. The number of fused-ring (bicyclic) bond motifs is 1. The first-order valence-corrected chi connectivity index (χ1v) is 6.59. The molecular formula is C14H18N2O2. The van der Waals surface area contributed by atoms with E-state index in [2.05, 4.69) is 0 Å². The lowest BCUT2D eigenvalue weighted by atomic mass is 9.77. The summed E-state index contributed by atoms with van der Waals surface area (Å²) in [6.07, 6.45) is 3.69. The molecule has 4 nitrogen and oxygen atoms in total. The van der Waals surface area contributed by atoms with Crippen LogP contribution in [0.5, 0.6) is 0 Å². The molecule has 0 radical (unpaired) electrons. The first-order valence-electron chi connectivity index (χ1n) is 6.59. The van der Waals surface area contributed by atoms with Crippen LogP contribution in [-0.2, 0) is 6.54 Å². The van der Waals surface area contributed by atoms with Gasteiger partial charge >= 0.3 is 5.76 Å². The minimum Gasteiger partial charge on any atom is -0.408 e. The Bertz CT molecular complexity index is 622. The van der Waals surface area contributed by atoms with Gasteiger partial charge in [0, 0.05) is 12.6 Å². The minimum absolute atomic E-state index is 0.0680. The monoisotopic (exact) mass is 246 g/mol. The van der Waals surface area contributed by atoms with Gasteiger partial charge in [-0.25, -0.2) is 4.79 Å². The highest BCUT2D eigenvalue weighted by molar-refractivity contribution is 5.73. The van der Waals surface area contributed by atoms with Gasteiger partial charge in [0.1, 0.15) is 0 Å². The van der Waals surface area contributed by atoms with Crippen LogP contribution in [0.15, 0.2) is 27.4 Å². The Morgan fingerprint density at radius 1 is 1.50 bits per heavy atom. The first kappa shape index (κ1) is 11.5. The number of nitrogens with zero attached hydrogens (tertiary/aromatic N) is 1. The molecule has 1 fully saturated rings. The molecule has 1 aromatic carbocycles. The third kappa shape index (κ3) is 1.68. The Balaban J connectivity index is 2.03. The van der Waals surface area contributed by atoms with Gasteiger partial charge in [-0.05, 0) is 43.4 Å². The van der Waals surface area contributed by atoms with Crippen LogP contribution < -0.4 is 11.5 Å². The summed E-state index contributed by atoms with van der Waals surface area (Å²) in [7, 11) is 0. The maximum absolute atomic E-state index is 11.6. The van der Waals surface area contributed by atoms with Gasteiger partial charge in [0.15, 0.2) is 5.58 Å². The van der Waals surface area contributed by atoms with Gasteiger partial charge in [-0.2, -0.15) is 0 Å². The van der Waals surface area contributed by atoms with Crippen molar-refractivity contribution in [1.82, 2.24) is 4.57 Å². The molecule has 96 valence electrons. The zero-order valence-corrected chi connectivity index (χ0v) is 10.6. The summed E-state index contributed by atoms with van der Waals surface area (Å²) in [6, 6.07) is 5.95. The highest BCUT2D eigenvalue weighted by Crippen LogP contribution is 2.36. The van der Waals surface area contributed by atoms with Crippen molar-refractivity contribution < 1.29 is 4.42 Å². The lowest BCUT2D eigenvalue weighted by Crippen LogP contribution is -2.26. The molecule has 0 spiro atoms. The van der Waals surface area contributed by atoms with E-state index < -0.39 is 0 Å². The number of benzene rings is 1. The lowest BCUT2D eigenvalue weighted by molar-refractivity contribution is 0.264. The Morgan fingerprint density at radius 2 is 2.28 bits per heavy atom. The quantitative estimate of drug-likeness (QED) is 0.904. The summed E-state index contributed by atoms with van der Waals surface area (Å²) in [5.41, 5.74) is 8.82. The predicted molar refractivity (Wildman–Crippen MR) is 70.4 cm³/mol. The Labute approximate surface area is 105 Å². The second kappa shape index (κ2) is 4.28. The molecule has 1 aliphatic rings. The van der Waals surface area contributed by atoms with Crippen LogP contribution in [0, 0.1) is 5.92 Å². The fourth-order valence-corrected chi connectivity index (χ4v) is 2.66. The Kier molecular flexibility index (Phi) is 2.74. The molecule has 0 aliphatic heterocycles. The van der Waals surface area contributed by atoms with Crippen molar-refractivity contribution in [3.63, 3.8) is 0 Å². The maximum atomic E-state index is 11.6. The van der Waals surface area contributed by atoms with Gasteiger partial charge in [-0.3, -0.25) is 4.57 Å². The van der Waals surface area contributed by atoms with Gasteiger partial charge in [0.25, 0.3) is 0 Å². The molecule has 3 rings (SSSR count). The van der Waals surface area contributed by atoms with Crippen molar-refractivity contribution in [3.8, 4) is 0 Å². The topological polar surface area (TPSA) is 61.2 Å². The molecule has 0 saturated heterocycles. The van der Waals surface area contributed by atoms with Crippen molar-refractivity contribution in [1.29, 1.82) is 0 Å². The number of hydrogen-bond donors (Lipinski definition) is 1. The maximum Gasteiger partial charge on any atom is 0.419 e. The number of rotatable bonds is 3. The number of aryl methyl sites for hydroxylation is 1. The van der Waals surface area contributed by atoms with Gasteiger partial charge in [-0.1, -0.05) is 12.5 Å². The summed E-state index contributed by atoms with van der Waals surface area (Å²) in [5.74, 6) is 0.296. The summed E-state index contributed by atoms with van der Waals surface area (Å²) in [6.45, 7) is 2.56. The normalized spacial score (nSPS) is 17.9. The largest absolute Gasteiger partial charge is 0.419 e. The lowest BCUT2D eigenvalue weighted by Gasteiger charge is -2.31. The highest BCUT2D eigenvalue weighted by Gasteiger charge is 2.26. The fourth-order valence-electron chi connectivity index (χ4n) is 2.66. The summed E-state index contributed by atoms with van der Waals surface area (Å²) < 4.78 is 6.90. The van der Waals surface area contributed by atoms with Crippen molar-refractivity contribution in [2.45, 2.75) is 38.8 Å². The van der Waals surface area contributed by atoms with Crippen LogP contribution in [0.1, 0.15) is 37.8 Å². The molecule has 1 atom stereocenters. The molecule has 18 heavy (non-hydrogen) atoms. The molecule has 1 saturated carbocycles. The van der Waals surface area contributed by atoms with Crippen LogP contribution in [-0.4, -0.2) is 4.57 Å². The summed E-state index contributed by atoms with van der Waals surface area (Å²) in [5, 5.41) is 0. The van der Waals surface area contributed by atoms with Crippen molar-refractivity contribution in [3.05, 3.63) is 34.3 Å². The third-order valence-electron chi connectivity index (χ3n) is 4.05. The van der Waals surface area contributed by atoms with Crippen molar-refractivity contribution >= 4 is 11.1 Å². The van der Waals surface area contributed by atoms with Crippen LogP contribution in [0.3, 0.4) is 0 Å². The van der Waals surface area contributed by atoms with E-state index in [-0.39, 0.29) is 11.8 Å². The molecular weight excluding hydrogens is 228 g/mol. The van der Waals surface area contributed by atoms with E-state index in [9.17, 15) is 4.79 Å². The molecule has 4 heteroatoms. The van der Waals surface area contributed by atoms with E-state index >= 15 is 0 Å². The van der Waals surface area contributed by atoms with E-state index in [1.807, 2.05) is 25.1 Å². The number of hydrogen-bond acceptors (Lipinski definition) is 3. The smallest absolute Gasteiger partial charge is 0.408 e. The van der Waals surface area contributed by atoms with E-state index in [1.54, 1.807) is 4.57 Å². The number of oxazole rings is 1. The van der Waals surface area contributed by atoms with Crippen LogP contribution >= 0.6 is 0 Å². The van der Waals surface area contributed by atoms with E-state index in [0.29, 0.717) is 18.0 Å². The first-order chi connectivity index (χ1) is 8.70. The van der Waals surface area contributed by atoms with Gasteiger partial charge < -0.3 is 10.2 Å². The zero-order chi connectivity index (χ0) is 12.7.